The molecule has 1 heterocycles. The summed E-state index contributed by atoms with van der Waals surface area (Å²) in [4.78, 5) is 0. The Kier molecular flexibility index (Phi) is 2.13. The lowest BCUT2D eigenvalue weighted by atomic mass is 9.75. The summed E-state index contributed by atoms with van der Waals surface area (Å²) < 4.78 is 5.42. The van der Waals surface area contributed by atoms with Crippen LogP contribution in [0, 0.1) is 0 Å². The first kappa shape index (κ1) is 11.9. The number of hydrogen-bond acceptors (Lipinski definition) is 1. The number of fused-ring (bicyclic) bond motifs is 5. The Morgan fingerprint density at radius 2 is 1.72 bits per heavy atom. The van der Waals surface area contributed by atoms with Crippen molar-refractivity contribution in [2.75, 3.05) is 0 Å². The van der Waals surface area contributed by atoms with E-state index in [2.05, 4.69) is 0 Å². The average molecular weight is 340 g/mol. The van der Waals surface area contributed by atoms with E-state index in [9.17, 15) is 0 Å². The van der Waals surface area contributed by atoms with Crippen LogP contribution in [-0.2, 0) is 4.74 Å². The van der Waals surface area contributed by atoms with Gasteiger partial charge in [0.15, 0.2) is 0 Å². The fourth-order valence-corrected chi connectivity index (χ4v) is 3.98. The predicted molar refractivity (Wildman–Crippen MR) is 75.5 cm³/mol. The van der Waals surface area contributed by atoms with Crippen LogP contribution >= 0.6 is 58.0 Å². The lowest BCUT2D eigenvalue weighted by molar-refractivity contribution is 0.382. The molecule has 6 heteroatoms. The van der Waals surface area contributed by atoms with Gasteiger partial charge in [0.1, 0.15) is 0 Å². The van der Waals surface area contributed by atoms with Gasteiger partial charge in [0, 0.05) is 11.1 Å². The Morgan fingerprint density at radius 3 is 2.44 bits per heavy atom. The van der Waals surface area contributed by atoms with E-state index in [1.54, 1.807) is 12.1 Å². The van der Waals surface area contributed by atoms with Crippen molar-refractivity contribution < 1.29 is 4.74 Å². The zero-order valence-electron chi connectivity index (χ0n) is 8.53. The molecule has 1 fully saturated rings. The predicted octanol–water partition coefficient (Wildman–Crippen LogP) is 5.25. The molecule has 1 saturated heterocycles. The number of rotatable bonds is 0. The first-order valence-corrected chi connectivity index (χ1v) is 6.98. The monoisotopic (exact) mass is 338 g/mol. The summed E-state index contributed by atoms with van der Waals surface area (Å²) in [6.45, 7) is 0. The summed E-state index contributed by atoms with van der Waals surface area (Å²) in [5.74, 6) is 0. The van der Waals surface area contributed by atoms with Crippen LogP contribution in [0.3, 0.4) is 0 Å². The highest BCUT2D eigenvalue weighted by molar-refractivity contribution is 6.53. The van der Waals surface area contributed by atoms with E-state index in [0.717, 1.165) is 22.3 Å². The number of benzene rings is 1. The van der Waals surface area contributed by atoms with Crippen LogP contribution in [-0.4, -0.2) is 10.1 Å². The highest BCUT2D eigenvalue weighted by Gasteiger charge is 2.76. The third-order valence-corrected chi connectivity index (χ3v) is 5.91. The van der Waals surface area contributed by atoms with Gasteiger partial charge in [-0.1, -0.05) is 64.1 Å². The molecule has 0 aromatic heterocycles. The lowest BCUT2D eigenvalue weighted by Crippen LogP contribution is -2.27. The minimum absolute atomic E-state index is 0.384. The second-order valence-electron chi connectivity index (χ2n) is 4.36. The van der Waals surface area contributed by atoms with E-state index in [1.165, 1.54) is 0 Å². The number of hydrogen-bond donors (Lipinski definition) is 0. The van der Waals surface area contributed by atoms with E-state index >= 15 is 0 Å². The molecule has 2 atom stereocenters. The maximum absolute atomic E-state index is 6.39. The van der Waals surface area contributed by atoms with Crippen molar-refractivity contribution in [1.29, 1.82) is 0 Å². The third-order valence-electron chi connectivity index (χ3n) is 3.46. The second-order valence-corrected chi connectivity index (χ2v) is 6.61. The molecule has 1 nitrogen and oxygen atoms in total. The highest BCUT2D eigenvalue weighted by atomic mass is 35.5. The number of epoxide rings is 1. The van der Waals surface area contributed by atoms with E-state index in [0.29, 0.717) is 15.1 Å². The van der Waals surface area contributed by atoms with Gasteiger partial charge in [-0.15, -0.1) is 0 Å². The summed E-state index contributed by atoms with van der Waals surface area (Å²) >= 11 is 30.9. The van der Waals surface area contributed by atoms with Crippen LogP contribution in [0.1, 0.15) is 11.1 Å². The fraction of sp³-hybridized carbons (Fsp3) is 0.167. The summed E-state index contributed by atoms with van der Waals surface area (Å²) in [6, 6.07) is 3.62. The molecule has 0 amide bonds. The van der Waals surface area contributed by atoms with Crippen LogP contribution in [0.4, 0.5) is 0 Å². The molecule has 4 rings (SSSR count). The van der Waals surface area contributed by atoms with Gasteiger partial charge >= 0.3 is 0 Å². The average Bonchev–Trinajstić information content (AvgIpc) is 2.85. The quantitative estimate of drug-likeness (QED) is 0.464. The molecule has 0 radical (unpaired) electrons. The van der Waals surface area contributed by atoms with Gasteiger partial charge in [-0.25, -0.2) is 0 Å². The molecule has 1 aromatic rings. The maximum atomic E-state index is 6.39. The lowest BCUT2D eigenvalue weighted by Gasteiger charge is -2.32. The number of ether oxygens (including phenoxy) is 1. The minimum Gasteiger partial charge on any atom is -0.319 e. The van der Waals surface area contributed by atoms with Gasteiger partial charge < -0.3 is 4.74 Å². The van der Waals surface area contributed by atoms with Crippen molar-refractivity contribution in [3.63, 3.8) is 0 Å². The molecule has 0 spiro atoms. The van der Waals surface area contributed by atoms with Gasteiger partial charge in [-0.2, -0.15) is 0 Å². The molecular weight excluding hydrogens is 337 g/mol. The van der Waals surface area contributed by atoms with E-state index < -0.39 is 10.1 Å². The standard InChI is InChI=1S/C12H3Cl5O/c13-6-2-1-4-5-3-7(14)11(16)12(17,18-11)9(5)8(4)10(6)15/h1-3H. The van der Waals surface area contributed by atoms with Crippen molar-refractivity contribution in [2.45, 2.75) is 10.1 Å². The van der Waals surface area contributed by atoms with E-state index in [-0.39, 0.29) is 0 Å². The van der Waals surface area contributed by atoms with Crippen LogP contribution < -0.4 is 0 Å². The number of allylic oxidation sites excluding steroid dienone is 2. The summed E-state index contributed by atoms with van der Waals surface area (Å²) in [5.41, 5.74) is 3.45. The van der Waals surface area contributed by atoms with Crippen LogP contribution in [0.25, 0.3) is 11.1 Å². The highest BCUT2D eigenvalue weighted by Crippen LogP contribution is 2.73. The Morgan fingerprint density at radius 1 is 1.00 bits per heavy atom. The van der Waals surface area contributed by atoms with Crippen LogP contribution in [0.5, 0.6) is 0 Å². The molecule has 18 heavy (non-hydrogen) atoms. The van der Waals surface area contributed by atoms with Crippen molar-refractivity contribution in [2.24, 2.45) is 0 Å². The zero-order valence-corrected chi connectivity index (χ0v) is 12.3. The number of halogens is 5. The molecule has 0 saturated carbocycles. The van der Waals surface area contributed by atoms with Crippen molar-refractivity contribution >= 4 is 69.2 Å². The molecule has 2 unspecified atom stereocenters. The van der Waals surface area contributed by atoms with E-state index in [1.807, 2.05) is 6.07 Å². The molecule has 1 aliphatic heterocycles. The summed E-state index contributed by atoms with van der Waals surface area (Å²) in [7, 11) is 0. The van der Waals surface area contributed by atoms with Crippen LogP contribution in [0.2, 0.25) is 10.0 Å². The summed E-state index contributed by atoms with van der Waals surface area (Å²) in [5, 5.41) is -0.970. The fourth-order valence-electron chi connectivity index (χ4n) is 2.51. The second kappa shape index (κ2) is 3.22. The molecule has 3 aliphatic rings. The molecular formula is C12H3Cl5O. The van der Waals surface area contributed by atoms with Gasteiger partial charge in [-0.3, -0.25) is 0 Å². The number of alkyl halides is 2. The molecule has 1 aromatic carbocycles. The first-order chi connectivity index (χ1) is 8.40. The summed E-state index contributed by atoms with van der Waals surface area (Å²) in [6.07, 6.45) is 1.77. The van der Waals surface area contributed by atoms with Crippen molar-refractivity contribution in [3.8, 4) is 0 Å². The normalized spacial score (nSPS) is 35.3. The SMILES string of the molecule is ClC1=CC2=C(c3c2ccc(Cl)c3Cl)C2(Cl)OC12Cl. The Bertz CT molecular complexity index is 692. The molecule has 2 aliphatic carbocycles. The first-order valence-electron chi connectivity index (χ1n) is 5.09. The Hall–Kier alpha value is 0.110. The topological polar surface area (TPSA) is 12.5 Å². The maximum Gasteiger partial charge on any atom is 0.227 e. The molecule has 0 bridgehead atoms. The molecule has 0 N–H and O–H groups in total. The van der Waals surface area contributed by atoms with Crippen molar-refractivity contribution in [3.05, 3.63) is 44.4 Å². The Balaban J connectivity index is 2.00. The van der Waals surface area contributed by atoms with Crippen molar-refractivity contribution in [1.82, 2.24) is 0 Å². The smallest absolute Gasteiger partial charge is 0.227 e. The zero-order chi connectivity index (χ0) is 12.9. The van der Waals surface area contributed by atoms with Gasteiger partial charge in [0.25, 0.3) is 0 Å². The largest absolute Gasteiger partial charge is 0.319 e. The van der Waals surface area contributed by atoms with Gasteiger partial charge in [0.2, 0.25) is 10.1 Å². The van der Waals surface area contributed by atoms with Gasteiger partial charge in [-0.05, 0) is 23.3 Å². The Labute approximate surface area is 128 Å². The minimum atomic E-state index is -1.17. The van der Waals surface area contributed by atoms with Crippen LogP contribution in [0.15, 0.2) is 23.2 Å². The third kappa shape index (κ3) is 1.09. The van der Waals surface area contributed by atoms with Gasteiger partial charge in [0.05, 0.1) is 15.1 Å². The van der Waals surface area contributed by atoms with E-state index in [4.69, 9.17) is 62.7 Å². The molecule has 92 valence electrons.